The Kier molecular flexibility index (Phi) is 7.19. The number of aliphatic hydroxyl groups is 2. The minimum absolute atomic E-state index is 0.00568. The summed E-state index contributed by atoms with van der Waals surface area (Å²) >= 11 is 0. The predicted molar refractivity (Wildman–Crippen MR) is 84.8 cm³/mol. The molecule has 23 heavy (non-hydrogen) atoms. The third-order valence-corrected chi connectivity index (χ3v) is 4.18. The maximum Gasteiger partial charge on any atom is 0.161 e. The molecule has 7 nitrogen and oxygen atoms in total. The average molecular weight is 326 g/mol. The highest BCUT2D eigenvalue weighted by molar-refractivity contribution is 5.97. The van der Waals surface area contributed by atoms with Gasteiger partial charge in [-0.25, -0.2) is 0 Å². The Morgan fingerprint density at radius 2 is 2.30 bits per heavy atom. The molecule has 0 unspecified atom stereocenters. The third kappa shape index (κ3) is 5.40. The SMILES string of the molecule is C[C@@H]1OCC[C@H](NCNCOCC2=CC(=CO)CCC2=O)[C@@H]1O. The van der Waals surface area contributed by atoms with Gasteiger partial charge >= 0.3 is 0 Å². The average Bonchev–Trinajstić information content (AvgIpc) is 2.56. The summed E-state index contributed by atoms with van der Waals surface area (Å²) in [6, 6.07) is 0.00568. The zero-order valence-corrected chi connectivity index (χ0v) is 13.5. The zero-order chi connectivity index (χ0) is 16.7. The summed E-state index contributed by atoms with van der Waals surface area (Å²) in [5.41, 5.74) is 1.33. The second-order valence-electron chi connectivity index (χ2n) is 5.88. The van der Waals surface area contributed by atoms with Crippen molar-refractivity contribution >= 4 is 5.78 Å². The van der Waals surface area contributed by atoms with E-state index in [0.717, 1.165) is 18.3 Å². The van der Waals surface area contributed by atoms with Crippen molar-refractivity contribution in [2.75, 3.05) is 26.6 Å². The van der Waals surface area contributed by atoms with E-state index < -0.39 is 6.10 Å². The fraction of sp³-hybridized carbons (Fsp3) is 0.688. The van der Waals surface area contributed by atoms with E-state index in [0.29, 0.717) is 38.4 Å². The molecule has 1 aliphatic carbocycles. The van der Waals surface area contributed by atoms with Crippen LogP contribution in [0.5, 0.6) is 0 Å². The minimum atomic E-state index is -0.514. The molecule has 1 heterocycles. The van der Waals surface area contributed by atoms with E-state index in [9.17, 15) is 9.90 Å². The van der Waals surface area contributed by atoms with Gasteiger partial charge in [0.05, 0.1) is 31.8 Å². The highest BCUT2D eigenvalue weighted by atomic mass is 16.5. The third-order valence-electron chi connectivity index (χ3n) is 4.18. The molecule has 2 rings (SSSR count). The molecule has 0 amide bonds. The van der Waals surface area contributed by atoms with Crippen molar-refractivity contribution in [3.05, 3.63) is 23.5 Å². The van der Waals surface area contributed by atoms with Crippen LogP contribution in [0.4, 0.5) is 0 Å². The lowest BCUT2D eigenvalue weighted by molar-refractivity contribution is -0.116. The Morgan fingerprint density at radius 1 is 1.48 bits per heavy atom. The Balaban J connectivity index is 1.61. The first-order valence-electron chi connectivity index (χ1n) is 8.00. The molecule has 1 aliphatic heterocycles. The number of aliphatic hydroxyl groups excluding tert-OH is 2. The Bertz CT molecular complexity index is 463. The fourth-order valence-electron chi connectivity index (χ4n) is 2.71. The van der Waals surface area contributed by atoms with Gasteiger partial charge in [0, 0.05) is 31.3 Å². The number of nitrogens with one attached hydrogen (secondary N) is 2. The van der Waals surface area contributed by atoms with Crippen LogP contribution in [0.25, 0.3) is 0 Å². The number of ketones is 1. The van der Waals surface area contributed by atoms with Crippen LogP contribution >= 0.6 is 0 Å². The number of Topliss-reactive ketones (excluding diaryl/α,β-unsaturated/α-hetero) is 1. The van der Waals surface area contributed by atoms with E-state index in [1.807, 2.05) is 6.92 Å². The highest BCUT2D eigenvalue weighted by Gasteiger charge is 2.28. The van der Waals surface area contributed by atoms with Crippen LogP contribution in [0.3, 0.4) is 0 Å². The largest absolute Gasteiger partial charge is 0.515 e. The lowest BCUT2D eigenvalue weighted by atomic mass is 9.95. The van der Waals surface area contributed by atoms with Gasteiger partial charge in [0.25, 0.3) is 0 Å². The second-order valence-corrected chi connectivity index (χ2v) is 5.88. The summed E-state index contributed by atoms with van der Waals surface area (Å²) in [5, 5.41) is 25.2. The first-order chi connectivity index (χ1) is 11.1. The molecule has 7 heteroatoms. The Labute approximate surface area is 136 Å². The molecule has 0 bridgehead atoms. The van der Waals surface area contributed by atoms with E-state index in [1.54, 1.807) is 6.08 Å². The van der Waals surface area contributed by atoms with Crippen LogP contribution in [0.1, 0.15) is 26.2 Å². The molecule has 4 N–H and O–H groups in total. The molecule has 1 fully saturated rings. The van der Waals surface area contributed by atoms with Gasteiger partial charge in [0.1, 0.15) is 0 Å². The molecule has 0 radical (unpaired) electrons. The number of carbonyl (C=O) groups is 1. The van der Waals surface area contributed by atoms with Crippen LogP contribution in [-0.2, 0) is 14.3 Å². The van der Waals surface area contributed by atoms with E-state index in [1.165, 1.54) is 0 Å². The van der Waals surface area contributed by atoms with Gasteiger partial charge in [0.2, 0.25) is 0 Å². The summed E-state index contributed by atoms with van der Waals surface area (Å²) in [6.45, 7) is 3.52. The summed E-state index contributed by atoms with van der Waals surface area (Å²) < 4.78 is 10.8. The normalized spacial score (nSPS) is 30.5. The molecule has 130 valence electrons. The molecular formula is C16H26N2O5. The standard InChI is InChI=1S/C16H26N2O5/c1-11-16(21)14(4-5-23-11)18-9-17-10-22-8-13-6-12(7-19)2-3-15(13)20/h6-7,11,14,16-19,21H,2-5,8-10H2,1H3/t11-,14-,16+/m0/s1. The fourth-order valence-corrected chi connectivity index (χ4v) is 2.71. The monoisotopic (exact) mass is 326 g/mol. The Hall–Kier alpha value is -1.25. The molecule has 0 aromatic rings. The van der Waals surface area contributed by atoms with Gasteiger partial charge in [-0.2, -0.15) is 0 Å². The lowest BCUT2D eigenvalue weighted by Crippen LogP contribution is -2.52. The van der Waals surface area contributed by atoms with Crippen LogP contribution < -0.4 is 10.6 Å². The van der Waals surface area contributed by atoms with Crippen molar-refractivity contribution in [2.24, 2.45) is 0 Å². The zero-order valence-electron chi connectivity index (χ0n) is 13.5. The van der Waals surface area contributed by atoms with Crippen molar-refractivity contribution in [3.63, 3.8) is 0 Å². The number of rotatable bonds is 7. The molecule has 0 spiro atoms. The Morgan fingerprint density at radius 3 is 3.09 bits per heavy atom. The van der Waals surface area contributed by atoms with Crippen molar-refractivity contribution in [3.8, 4) is 0 Å². The van der Waals surface area contributed by atoms with Crippen LogP contribution in [0.15, 0.2) is 23.5 Å². The van der Waals surface area contributed by atoms with Crippen molar-refractivity contribution in [2.45, 2.75) is 44.4 Å². The molecule has 3 atom stereocenters. The van der Waals surface area contributed by atoms with Crippen molar-refractivity contribution in [1.29, 1.82) is 0 Å². The lowest BCUT2D eigenvalue weighted by Gasteiger charge is -2.33. The van der Waals surface area contributed by atoms with Gasteiger partial charge in [-0.3, -0.25) is 15.4 Å². The quantitative estimate of drug-likeness (QED) is 0.305. The van der Waals surface area contributed by atoms with Gasteiger partial charge in [0.15, 0.2) is 5.78 Å². The topological polar surface area (TPSA) is 100 Å². The number of hydrogen-bond acceptors (Lipinski definition) is 7. The number of carbonyl (C=O) groups excluding carboxylic acids is 1. The molecule has 0 saturated carbocycles. The molecule has 0 aromatic heterocycles. The molecule has 0 aromatic carbocycles. The second kappa shape index (κ2) is 9.14. The van der Waals surface area contributed by atoms with Crippen molar-refractivity contribution < 1.29 is 24.5 Å². The molecule has 1 saturated heterocycles. The van der Waals surface area contributed by atoms with Crippen LogP contribution in [0, 0.1) is 0 Å². The number of allylic oxidation sites excluding steroid dienone is 2. The summed E-state index contributed by atoms with van der Waals surface area (Å²) in [7, 11) is 0. The minimum Gasteiger partial charge on any atom is -0.515 e. The van der Waals surface area contributed by atoms with Crippen LogP contribution in [-0.4, -0.2) is 60.9 Å². The van der Waals surface area contributed by atoms with E-state index >= 15 is 0 Å². The van der Waals surface area contributed by atoms with Gasteiger partial charge < -0.3 is 19.7 Å². The highest BCUT2D eigenvalue weighted by Crippen LogP contribution is 2.19. The maximum absolute atomic E-state index is 11.7. The number of ether oxygens (including phenoxy) is 2. The summed E-state index contributed by atoms with van der Waals surface area (Å²) in [6.07, 6.45) is 3.81. The smallest absolute Gasteiger partial charge is 0.161 e. The van der Waals surface area contributed by atoms with Gasteiger partial charge in [-0.05, 0) is 31.4 Å². The maximum atomic E-state index is 11.7. The van der Waals surface area contributed by atoms with E-state index in [2.05, 4.69) is 10.6 Å². The molecule has 2 aliphatic rings. The van der Waals surface area contributed by atoms with Crippen LogP contribution in [0.2, 0.25) is 0 Å². The first-order valence-corrected chi connectivity index (χ1v) is 8.00. The first kappa shape index (κ1) is 18.1. The summed E-state index contributed by atoms with van der Waals surface area (Å²) in [4.78, 5) is 11.7. The predicted octanol–water partition coefficient (Wildman–Crippen LogP) is 0.367. The van der Waals surface area contributed by atoms with E-state index in [-0.39, 0.29) is 24.5 Å². The van der Waals surface area contributed by atoms with E-state index in [4.69, 9.17) is 14.6 Å². The van der Waals surface area contributed by atoms with Crippen molar-refractivity contribution in [1.82, 2.24) is 10.6 Å². The summed E-state index contributed by atoms with van der Waals surface area (Å²) in [5.74, 6) is 0.0630. The number of hydrogen-bond donors (Lipinski definition) is 4. The van der Waals surface area contributed by atoms with Gasteiger partial charge in [-0.1, -0.05) is 0 Å². The molecular weight excluding hydrogens is 300 g/mol. The van der Waals surface area contributed by atoms with Gasteiger partial charge in [-0.15, -0.1) is 0 Å².